The Morgan fingerprint density at radius 1 is 1.35 bits per heavy atom. The molecule has 0 aliphatic carbocycles. The van der Waals surface area contributed by atoms with Crippen molar-refractivity contribution in [3.63, 3.8) is 0 Å². The summed E-state index contributed by atoms with van der Waals surface area (Å²) in [5.74, 6) is 0. The molecule has 0 spiro atoms. The van der Waals surface area contributed by atoms with Gasteiger partial charge in [0, 0.05) is 18.1 Å². The van der Waals surface area contributed by atoms with Crippen molar-refractivity contribution in [1.29, 1.82) is 5.26 Å². The van der Waals surface area contributed by atoms with Crippen molar-refractivity contribution in [2.45, 2.75) is 50.7 Å². The summed E-state index contributed by atoms with van der Waals surface area (Å²) in [6, 6.07) is 12.1. The van der Waals surface area contributed by atoms with Gasteiger partial charge in [-0.3, -0.25) is 4.90 Å². The van der Waals surface area contributed by atoms with Gasteiger partial charge in [-0.2, -0.15) is 5.26 Å². The number of hydrogen-bond acceptors (Lipinski definition) is 3. The summed E-state index contributed by atoms with van der Waals surface area (Å²) in [6.45, 7) is 4.64. The Hall–Kier alpha value is -1.37. The van der Waals surface area contributed by atoms with Crippen LogP contribution in [0.25, 0.3) is 0 Å². The SMILES string of the molecule is CC(c1cccc(C#N)c1)N1CCCC1C1CCCN1. The molecule has 3 rings (SSSR count). The van der Waals surface area contributed by atoms with Crippen molar-refractivity contribution in [2.75, 3.05) is 13.1 Å². The van der Waals surface area contributed by atoms with Crippen LogP contribution in [-0.4, -0.2) is 30.1 Å². The van der Waals surface area contributed by atoms with Crippen LogP contribution in [0, 0.1) is 11.3 Å². The molecule has 1 aromatic carbocycles. The second-order valence-corrected chi connectivity index (χ2v) is 6.06. The molecule has 106 valence electrons. The lowest BCUT2D eigenvalue weighted by atomic mass is 9.99. The third kappa shape index (κ3) is 2.59. The van der Waals surface area contributed by atoms with Crippen molar-refractivity contribution in [3.8, 4) is 6.07 Å². The Morgan fingerprint density at radius 3 is 3.00 bits per heavy atom. The highest BCUT2D eigenvalue weighted by Gasteiger charge is 2.35. The zero-order valence-electron chi connectivity index (χ0n) is 12.2. The zero-order valence-corrected chi connectivity index (χ0v) is 12.2. The van der Waals surface area contributed by atoms with Crippen molar-refractivity contribution in [1.82, 2.24) is 10.2 Å². The van der Waals surface area contributed by atoms with E-state index in [9.17, 15) is 0 Å². The van der Waals surface area contributed by atoms with E-state index in [4.69, 9.17) is 5.26 Å². The Kier molecular flexibility index (Phi) is 4.05. The predicted molar refractivity (Wildman–Crippen MR) is 80.3 cm³/mol. The van der Waals surface area contributed by atoms with E-state index < -0.39 is 0 Å². The molecule has 3 nitrogen and oxygen atoms in total. The molecule has 2 fully saturated rings. The third-order valence-electron chi connectivity index (χ3n) is 4.90. The minimum absolute atomic E-state index is 0.401. The maximum atomic E-state index is 9.06. The summed E-state index contributed by atoms with van der Waals surface area (Å²) in [6.07, 6.45) is 5.23. The Balaban J connectivity index is 1.78. The Labute approximate surface area is 121 Å². The summed E-state index contributed by atoms with van der Waals surface area (Å²) < 4.78 is 0. The van der Waals surface area contributed by atoms with Crippen molar-refractivity contribution in [2.24, 2.45) is 0 Å². The van der Waals surface area contributed by atoms with Crippen LogP contribution in [-0.2, 0) is 0 Å². The lowest BCUT2D eigenvalue weighted by Gasteiger charge is -2.34. The van der Waals surface area contributed by atoms with Gasteiger partial charge in [0.05, 0.1) is 11.6 Å². The van der Waals surface area contributed by atoms with Crippen LogP contribution in [0.1, 0.15) is 49.8 Å². The quantitative estimate of drug-likeness (QED) is 0.917. The fraction of sp³-hybridized carbons (Fsp3) is 0.588. The minimum Gasteiger partial charge on any atom is -0.312 e. The number of nitrogens with zero attached hydrogens (tertiary/aromatic N) is 2. The first kappa shape index (κ1) is 13.6. The average Bonchev–Trinajstić information content (AvgIpc) is 3.16. The van der Waals surface area contributed by atoms with E-state index >= 15 is 0 Å². The van der Waals surface area contributed by atoms with Gasteiger partial charge in [0.15, 0.2) is 0 Å². The fourth-order valence-electron chi connectivity index (χ4n) is 3.83. The summed E-state index contributed by atoms with van der Waals surface area (Å²) in [5.41, 5.74) is 2.04. The molecule has 0 bridgehead atoms. The molecule has 3 atom stereocenters. The van der Waals surface area contributed by atoms with Gasteiger partial charge in [0.25, 0.3) is 0 Å². The number of nitrogens with one attached hydrogen (secondary N) is 1. The molecule has 3 unspecified atom stereocenters. The summed E-state index contributed by atoms with van der Waals surface area (Å²) in [4.78, 5) is 2.64. The number of hydrogen-bond donors (Lipinski definition) is 1. The number of likely N-dealkylation sites (tertiary alicyclic amines) is 1. The molecule has 0 aromatic heterocycles. The molecular formula is C17H23N3. The normalized spacial score (nSPS) is 28.4. The van der Waals surface area contributed by atoms with E-state index in [-0.39, 0.29) is 0 Å². The monoisotopic (exact) mass is 269 g/mol. The average molecular weight is 269 g/mol. The molecule has 2 aliphatic heterocycles. The summed E-state index contributed by atoms with van der Waals surface area (Å²) >= 11 is 0. The molecule has 1 aromatic rings. The maximum Gasteiger partial charge on any atom is 0.0991 e. The summed E-state index contributed by atoms with van der Waals surface area (Å²) in [5, 5.41) is 12.7. The topological polar surface area (TPSA) is 39.1 Å². The molecule has 2 heterocycles. The molecule has 1 N–H and O–H groups in total. The van der Waals surface area contributed by atoms with Crippen LogP contribution in [0.15, 0.2) is 24.3 Å². The van der Waals surface area contributed by atoms with Gasteiger partial charge in [0.2, 0.25) is 0 Å². The molecule has 3 heteroatoms. The van der Waals surface area contributed by atoms with Crippen molar-refractivity contribution in [3.05, 3.63) is 35.4 Å². The van der Waals surface area contributed by atoms with Crippen molar-refractivity contribution >= 4 is 0 Å². The smallest absolute Gasteiger partial charge is 0.0991 e. The lowest BCUT2D eigenvalue weighted by Crippen LogP contribution is -2.44. The van der Waals surface area contributed by atoms with Crippen LogP contribution in [0.3, 0.4) is 0 Å². The molecule has 0 radical (unpaired) electrons. The van der Waals surface area contributed by atoms with Gasteiger partial charge in [0.1, 0.15) is 0 Å². The lowest BCUT2D eigenvalue weighted by molar-refractivity contribution is 0.163. The van der Waals surface area contributed by atoms with E-state index in [2.05, 4.69) is 29.3 Å². The van der Waals surface area contributed by atoms with Crippen LogP contribution in [0.2, 0.25) is 0 Å². The van der Waals surface area contributed by atoms with E-state index in [0.29, 0.717) is 18.1 Å². The van der Waals surface area contributed by atoms with E-state index in [1.54, 1.807) is 0 Å². The minimum atomic E-state index is 0.401. The second kappa shape index (κ2) is 5.95. The van der Waals surface area contributed by atoms with Crippen LogP contribution in [0.5, 0.6) is 0 Å². The van der Waals surface area contributed by atoms with Gasteiger partial charge < -0.3 is 5.32 Å². The van der Waals surface area contributed by atoms with Gasteiger partial charge in [-0.15, -0.1) is 0 Å². The highest BCUT2D eigenvalue weighted by molar-refractivity contribution is 5.34. The fourth-order valence-corrected chi connectivity index (χ4v) is 3.83. The first-order valence-corrected chi connectivity index (χ1v) is 7.79. The largest absolute Gasteiger partial charge is 0.312 e. The van der Waals surface area contributed by atoms with Crippen molar-refractivity contribution < 1.29 is 0 Å². The second-order valence-electron chi connectivity index (χ2n) is 6.06. The van der Waals surface area contributed by atoms with Crippen LogP contribution in [0.4, 0.5) is 0 Å². The predicted octanol–water partition coefficient (Wildman–Crippen LogP) is 2.84. The van der Waals surface area contributed by atoms with Crippen LogP contribution < -0.4 is 5.32 Å². The maximum absolute atomic E-state index is 9.06. The first-order chi connectivity index (χ1) is 9.79. The van der Waals surface area contributed by atoms with Crippen LogP contribution >= 0.6 is 0 Å². The highest BCUT2D eigenvalue weighted by atomic mass is 15.2. The summed E-state index contributed by atoms with van der Waals surface area (Å²) in [7, 11) is 0. The van der Waals surface area contributed by atoms with E-state index in [1.165, 1.54) is 44.3 Å². The molecule has 20 heavy (non-hydrogen) atoms. The number of rotatable bonds is 3. The van der Waals surface area contributed by atoms with E-state index in [0.717, 1.165) is 5.56 Å². The molecule has 0 saturated carbocycles. The Bertz CT molecular complexity index is 499. The van der Waals surface area contributed by atoms with E-state index in [1.807, 2.05) is 18.2 Å². The molecule has 2 saturated heterocycles. The standard InChI is InChI=1S/C17H23N3/c1-13(15-6-2-5-14(11-15)12-18)20-10-4-8-17(20)16-7-3-9-19-16/h2,5-6,11,13,16-17,19H,3-4,7-10H2,1H3. The molecular weight excluding hydrogens is 246 g/mol. The third-order valence-corrected chi connectivity index (χ3v) is 4.90. The van der Waals surface area contributed by atoms with Gasteiger partial charge >= 0.3 is 0 Å². The first-order valence-electron chi connectivity index (χ1n) is 7.79. The zero-order chi connectivity index (χ0) is 13.9. The van der Waals surface area contributed by atoms with Gasteiger partial charge in [-0.05, 0) is 63.4 Å². The van der Waals surface area contributed by atoms with Gasteiger partial charge in [-0.25, -0.2) is 0 Å². The Morgan fingerprint density at radius 2 is 2.25 bits per heavy atom. The molecule has 2 aliphatic rings. The number of nitriles is 1. The molecule has 0 amide bonds. The highest BCUT2D eigenvalue weighted by Crippen LogP contribution is 2.32. The number of benzene rings is 1. The van der Waals surface area contributed by atoms with Gasteiger partial charge in [-0.1, -0.05) is 12.1 Å².